The summed E-state index contributed by atoms with van der Waals surface area (Å²) in [5.41, 5.74) is 2.22. The number of ketones is 2. The SMILES string of the molecule is C.CC(C)CC(CC(=O)C(Cc1ccccc1)NC(=O)c1cnccn1)B(O)OB(OB(O)C(CC(=O)C(Cc1ccccc1)NC(=O)c1cnccn1)CC(C)C)C(CC(C)C)NC(=O)C(Cc1ccccc1)NC(=O)c1cnccn1. The second-order valence-electron chi connectivity index (χ2n) is 21.7. The molecule has 6 rings (SSSR count). The zero-order valence-corrected chi connectivity index (χ0v) is 47.3. The van der Waals surface area contributed by atoms with Crippen LogP contribution in [0, 0.1) is 17.8 Å². The van der Waals surface area contributed by atoms with Crippen molar-refractivity contribution in [3.05, 3.63) is 181 Å². The maximum absolute atomic E-state index is 14.9. The van der Waals surface area contributed by atoms with Crippen LogP contribution in [0.5, 0.6) is 0 Å². The van der Waals surface area contributed by atoms with Crippen molar-refractivity contribution < 1.29 is 48.0 Å². The van der Waals surface area contributed by atoms with Crippen molar-refractivity contribution in [2.45, 2.75) is 136 Å². The van der Waals surface area contributed by atoms with Crippen LogP contribution in [-0.4, -0.2) is 121 Å². The molecule has 20 nitrogen and oxygen atoms in total. The Morgan fingerprint density at radius 2 is 0.783 bits per heavy atom. The number of aromatic nitrogens is 6. The Labute approximate surface area is 488 Å². The minimum atomic E-state index is -1.80. The Morgan fingerprint density at radius 1 is 0.458 bits per heavy atom. The summed E-state index contributed by atoms with van der Waals surface area (Å²) in [6.45, 7) is 11.4. The molecule has 6 N–H and O–H groups in total. The van der Waals surface area contributed by atoms with Crippen LogP contribution in [0.1, 0.15) is 129 Å². The first-order chi connectivity index (χ1) is 39.4. The summed E-state index contributed by atoms with van der Waals surface area (Å²) in [5.74, 6) is -6.88. The highest BCUT2D eigenvalue weighted by Crippen LogP contribution is 2.30. The van der Waals surface area contributed by atoms with Crippen molar-refractivity contribution in [3.8, 4) is 0 Å². The van der Waals surface area contributed by atoms with Gasteiger partial charge in [-0.25, -0.2) is 15.0 Å². The Balaban J connectivity index is 0.0000126. The first kappa shape index (κ1) is 66.0. The molecule has 0 aliphatic heterocycles. The number of carbonyl (C=O) groups excluding carboxylic acids is 6. The first-order valence-electron chi connectivity index (χ1n) is 27.8. The summed E-state index contributed by atoms with van der Waals surface area (Å²) >= 11 is 0. The number of benzene rings is 3. The Kier molecular flexibility index (Phi) is 27.0. The molecular weight excluding hydrogens is 1050 g/mol. The number of rotatable bonds is 33. The average molecular weight is 1130 g/mol. The molecular formula is C60H77B3N10O10. The summed E-state index contributed by atoms with van der Waals surface area (Å²) in [6.07, 6.45) is 12.5. The molecule has 0 aliphatic carbocycles. The lowest BCUT2D eigenvalue weighted by Gasteiger charge is -2.33. The maximum Gasteiger partial charge on any atom is 0.453 e. The predicted octanol–water partition coefficient (Wildman–Crippen LogP) is 6.42. The molecule has 0 saturated heterocycles. The summed E-state index contributed by atoms with van der Waals surface area (Å²) in [4.78, 5) is 109. The van der Waals surface area contributed by atoms with Crippen LogP contribution in [0.15, 0.2) is 147 Å². The van der Waals surface area contributed by atoms with Crippen LogP contribution in [0.25, 0.3) is 0 Å². The molecule has 436 valence electrons. The summed E-state index contributed by atoms with van der Waals surface area (Å²) in [5, 5.41) is 36.5. The molecule has 3 aromatic carbocycles. The number of carbonyl (C=O) groups is 6. The fourth-order valence-corrected chi connectivity index (χ4v) is 9.56. The third kappa shape index (κ3) is 22.1. The van der Waals surface area contributed by atoms with E-state index in [0.717, 1.165) is 16.7 Å². The molecule has 83 heavy (non-hydrogen) atoms. The monoisotopic (exact) mass is 1130 g/mol. The molecule has 3 heterocycles. The third-order valence-corrected chi connectivity index (χ3v) is 13.5. The number of nitrogens with zero attached hydrogens (tertiary/aromatic N) is 6. The molecule has 0 fully saturated rings. The molecule has 4 amide bonds. The Bertz CT molecular complexity index is 2800. The fraction of sp³-hybridized carbons (Fsp3) is 0.400. The molecule has 23 heteroatoms. The van der Waals surface area contributed by atoms with E-state index in [1.807, 2.05) is 120 Å². The van der Waals surface area contributed by atoms with Crippen LogP contribution < -0.4 is 21.3 Å². The Morgan fingerprint density at radius 3 is 1.10 bits per heavy atom. The van der Waals surface area contributed by atoms with Crippen molar-refractivity contribution in [2.75, 3.05) is 0 Å². The van der Waals surface area contributed by atoms with Crippen molar-refractivity contribution >= 4 is 56.6 Å². The van der Waals surface area contributed by atoms with Crippen LogP contribution in [0.4, 0.5) is 0 Å². The van der Waals surface area contributed by atoms with Gasteiger partial charge in [0.25, 0.3) is 17.7 Å². The van der Waals surface area contributed by atoms with Gasteiger partial charge in [-0.05, 0) is 78.2 Å². The van der Waals surface area contributed by atoms with Gasteiger partial charge in [-0.1, -0.05) is 140 Å². The highest BCUT2D eigenvalue weighted by molar-refractivity contribution is 6.66. The average Bonchev–Trinajstić information content (AvgIpc) is 3.57. The maximum atomic E-state index is 14.9. The highest BCUT2D eigenvalue weighted by Gasteiger charge is 2.45. The van der Waals surface area contributed by atoms with Crippen LogP contribution in [0.2, 0.25) is 11.6 Å². The third-order valence-electron chi connectivity index (χ3n) is 13.5. The molecule has 6 atom stereocenters. The zero-order chi connectivity index (χ0) is 59.0. The van der Waals surface area contributed by atoms with Gasteiger partial charge in [-0.3, -0.25) is 43.7 Å². The Hall–Kier alpha value is -7.85. The molecule has 6 aromatic rings. The number of nitrogens with one attached hydrogen (secondary N) is 4. The molecule has 0 radical (unpaired) electrons. The van der Waals surface area contributed by atoms with Gasteiger partial charge in [0.2, 0.25) is 5.91 Å². The van der Waals surface area contributed by atoms with Gasteiger partial charge in [0.15, 0.2) is 11.6 Å². The smallest absolute Gasteiger partial charge is 0.450 e. The van der Waals surface area contributed by atoms with Gasteiger partial charge in [0, 0.05) is 56.4 Å². The predicted molar refractivity (Wildman–Crippen MR) is 318 cm³/mol. The molecule has 0 bridgehead atoms. The summed E-state index contributed by atoms with van der Waals surface area (Å²) in [6, 6.07) is 24.0. The van der Waals surface area contributed by atoms with Gasteiger partial charge in [0.05, 0.1) is 36.6 Å². The van der Waals surface area contributed by atoms with Gasteiger partial charge >= 0.3 is 21.4 Å². The molecule has 0 aliphatic rings. The number of hydrogen-bond donors (Lipinski definition) is 6. The minimum Gasteiger partial charge on any atom is -0.450 e. The van der Waals surface area contributed by atoms with Gasteiger partial charge in [-0.2, -0.15) is 0 Å². The quantitative estimate of drug-likeness (QED) is 0.0242. The number of amides is 4. The van der Waals surface area contributed by atoms with Crippen molar-refractivity contribution in [1.29, 1.82) is 0 Å². The van der Waals surface area contributed by atoms with E-state index < -0.39 is 92.3 Å². The normalized spacial score (nSPS) is 13.3. The zero-order valence-electron chi connectivity index (χ0n) is 47.3. The largest absolute Gasteiger partial charge is 0.453 e. The van der Waals surface area contributed by atoms with Crippen molar-refractivity contribution in [3.63, 3.8) is 0 Å². The highest BCUT2D eigenvalue weighted by atomic mass is 16.6. The standard InChI is InChI=1S/C59H73B3N10O10.CH4/c1-39(2)28-45(34-53(73)47(31-42-16-10-7-11-17-42)69-57(76)50-36-63-22-25-66-50)60(79)81-62(55(30-41(5)6)72-56(75)49(33-44-20-14-9-15-21-44)71-59(78)52-38-65-24-27-68-52)82-61(80)46(29-40(3)4)35-54(74)48(32-43-18-12-8-13-19-43)70-58(77)51-37-64-23-26-67-51;/h7-27,36-41,45-49,55,79-80H,28-35H2,1-6H3,(H,69,76)(H,70,77)(H,71,78)(H,72,75);1H4. The van der Waals surface area contributed by atoms with E-state index in [9.17, 15) is 38.8 Å². The summed E-state index contributed by atoms with van der Waals surface area (Å²) in [7, 11) is -5.26. The lowest BCUT2D eigenvalue weighted by Crippen LogP contribution is -2.59. The molecule has 0 spiro atoms. The van der Waals surface area contributed by atoms with Crippen molar-refractivity contribution in [1.82, 2.24) is 51.2 Å². The van der Waals surface area contributed by atoms with E-state index in [2.05, 4.69) is 51.2 Å². The number of Topliss-reactive ketones (excluding diaryl/α,β-unsaturated/α-hetero) is 2. The lowest BCUT2D eigenvalue weighted by molar-refractivity contribution is -0.123. The first-order valence-corrected chi connectivity index (χ1v) is 27.8. The molecule has 6 unspecified atom stereocenters. The van der Waals surface area contributed by atoms with Gasteiger partial charge in [-0.15, -0.1) is 0 Å². The fourth-order valence-electron chi connectivity index (χ4n) is 9.56. The van der Waals surface area contributed by atoms with Crippen LogP contribution in [0.3, 0.4) is 0 Å². The second-order valence-corrected chi connectivity index (χ2v) is 21.7. The van der Waals surface area contributed by atoms with Gasteiger partial charge < -0.3 is 40.5 Å². The van der Waals surface area contributed by atoms with Crippen molar-refractivity contribution in [2.24, 2.45) is 17.8 Å². The number of hydrogen-bond acceptors (Lipinski definition) is 16. The lowest BCUT2D eigenvalue weighted by atomic mass is 9.59. The van der Waals surface area contributed by atoms with Crippen LogP contribution in [-0.2, 0) is 42.8 Å². The van der Waals surface area contributed by atoms with Gasteiger partial charge in [0.1, 0.15) is 23.1 Å². The van der Waals surface area contributed by atoms with E-state index in [1.165, 1.54) is 55.8 Å². The van der Waals surface area contributed by atoms with Crippen LogP contribution >= 0.6 is 0 Å². The van der Waals surface area contributed by atoms with E-state index in [-0.39, 0.29) is 93.6 Å². The minimum absolute atomic E-state index is 0. The van der Waals surface area contributed by atoms with E-state index in [4.69, 9.17) is 9.14 Å². The molecule has 3 aromatic heterocycles. The molecule has 0 saturated carbocycles. The van der Waals surface area contributed by atoms with E-state index in [1.54, 1.807) is 12.1 Å². The van der Waals surface area contributed by atoms with E-state index in [0.29, 0.717) is 0 Å². The summed E-state index contributed by atoms with van der Waals surface area (Å²) < 4.78 is 13.1. The second kappa shape index (κ2) is 33.9. The topological polar surface area (TPSA) is 287 Å². The van der Waals surface area contributed by atoms with E-state index >= 15 is 0 Å².